The van der Waals surface area contributed by atoms with Crippen molar-refractivity contribution in [3.05, 3.63) is 22.3 Å². The number of anilines is 1. The summed E-state index contributed by atoms with van der Waals surface area (Å²) < 4.78 is 1.03. The molecule has 18 heavy (non-hydrogen) atoms. The molecule has 0 radical (unpaired) electrons. The summed E-state index contributed by atoms with van der Waals surface area (Å²) in [5.41, 5.74) is 1.17. The van der Waals surface area contributed by atoms with Gasteiger partial charge >= 0.3 is 0 Å². The van der Waals surface area contributed by atoms with Crippen molar-refractivity contribution in [3.8, 4) is 0 Å². The minimum Gasteiger partial charge on any atom is -0.359 e. The fourth-order valence-corrected chi connectivity index (χ4v) is 2.82. The summed E-state index contributed by atoms with van der Waals surface area (Å²) >= 11 is 3.59. The topological polar surface area (TPSA) is 45.2 Å². The monoisotopic (exact) mass is 311 g/mol. The molecule has 1 aliphatic heterocycles. The first kappa shape index (κ1) is 13.3. The summed E-state index contributed by atoms with van der Waals surface area (Å²) in [6.07, 6.45) is 3.80. The van der Waals surface area contributed by atoms with Crippen molar-refractivity contribution in [3.63, 3.8) is 0 Å². The van der Waals surface area contributed by atoms with E-state index < -0.39 is 0 Å². The smallest absolute Gasteiger partial charge is 0.224 e. The first-order chi connectivity index (χ1) is 8.63. The first-order valence-electron chi connectivity index (χ1n) is 6.21. The zero-order valence-electron chi connectivity index (χ0n) is 10.7. The van der Waals surface area contributed by atoms with Gasteiger partial charge in [0, 0.05) is 26.3 Å². The summed E-state index contributed by atoms with van der Waals surface area (Å²) in [6.45, 7) is 3.76. The molecule has 0 saturated carbocycles. The Morgan fingerprint density at radius 2 is 2.39 bits per heavy atom. The summed E-state index contributed by atoms with van der Waals surface area (Å²) in [5.74, 6) is 1.14. The average Bonchev–Trinajstić information content (AvgIpc) is 2.41. The van der Waals surface area contributed by atoms with E-state index in [1.807, 2.05) is 12.3 Å². The lowest BCUT2D eigenvalue weighted by atomic mass is 9.97. The van der Waals surface area contributed by atoms with Gasteiger partial charge in [-0.05, 0) is 47.3 Å². The van der Waals surface area contributed by atoms with Crippen LogP contribution in [0, 0.1) is 12.8 Å². The highest BCUT2D eigenvalue weighted by molar-refractivity contribution is 9.10. The van der Waals surface area contributed by atoms with Crippen molar-refractivity contribution in [2.75, 3.05) is 25.0 Å². The van der Waals surface area contributed by atoms with Crippen molar-refractivity contribution < 1.29 is 4.79 Å². The van der Waals surface area contributed by atoms with Gasteiger partial charge in [-0.15, -0.1) is 0 Å². The molecule has 1 atom stereocenters. The number of nitrogens with one attached hydrogen (secondary N) is 1. The van der Waals surface area contributed by atoms with Crippen LogP contribution in [0.4, 0.5) is 5.82 Å². The molecule has 0 bridgehead atoms. The standard InChI is InChI=1S/C13H18BrN3O/c1-9-5-6-16-12(11(9)14)17-7-3-4-10(8-17)13(18)15-2/h5-6,10H,3-4,7-8H2,1-2H3,(H,15,18). The molecule has 1 amide bonds. The Morgan fingerprint density at radius 1 is 1.61 bits per heavy atom. The van der Waals surface area contributed by atoms with Crippen LogP contribution >= 0.6 is 15.9 Å². The number of amides is 1. The maximum Gasteiger partial charge on any atom is 0.224 e. The molecule has 1 aromatic rings. The quantitative estimate of drug-likeness (QED) is 0.910. The number of carbonyl (C=O) groups is 1. The normalized spacial score (nSPS) is 19.7. The van der Waals surface area contributed by atoms with Gasteiger partial charge in [0.2, 0.25) is 5.91 Å². The molecule has 2 rings (SSSR count). The number of hydrogen-bond donors (Lipinski definition) is 1. The Bertz CT molecular complexity index is 450. The fraction of sp³-hybridized carbons (Fsp3) is 0.538. The molecule has 1 N–H and O–H groups in total. The van der Waals surface area contributed by atoms with E-state index in [0.717, 1.165) is 36.2 Å². The highest BCUT2D eigenvalue weighted by Crippen LogP contribution is 2.30. The van der Waals surface area contributed by atoms with Gasteiger partial charge in [-0.2, -0.15) is 0 Å². The second kappa shape index (κ2) is 5.69. The third-order valence-corrected chi connectivity index (χ3v) is 4.38. The molecule has 5 heteroatoms. The maximum atomic E-state index is 11.7. The summed E-state index contributed by atoms with van der Waals surface area (Å²) in [7, 11) is 1.70. The van der Waals surface area contributed by atoms with Crippen molar-refractivity contribution >= 4 is 27.7 Å². The summed E-state index contributed by atoms with van der Waals surface area (Å²) in [5, 5.41) is 2.73. The number of rotatable bonds is 2. The number of aromatic nitrogens is 1. The molecular formula is C13H18BrN3O. The molecule has 0 aromatic carbocycles. The summed E-state index contributed by atoms with van der Waals surface area (Å²) in [6, 6.07) is 1.98. The van der Waals surface area contributed by atoms with E-state index in [1.165, 1.54) is 5.56 Å². The molecular weight excluding hydrogens is 294 g/mol. The molecule has 0 spiro atoms. The zero-order valence-corrected chi connectivity index (χ0v) is 12.3. The van der Waals surface area contributed by atoms with Crippen molar-refractivity contribution in [2.24, 2.45) is 5.92 Å². The predicted molar refractivity (Wildman–Crippen MR) is 75.7 cm³/mol. The van der Waals surface area contributed by atoms with Crippen molar-refractivity contribution in [1.29, 1.82) is 0 Å². The van der Waals surface area contributed by atoms with Crippen LogP contribution in [0.2, 0.25) is 0 Å². The number of hydrogen-bond acceptors (Lipinski definition) is 3. The second-order valence-electron chi connectivity index (χ2n) is 4.66. The van der Waals surface area contributed by atoms with Gasteiger partial charge in [0.25, 0.3) is 0 Å². The third-order valence-electron chi connectivity index (χ3n) is 3.40. The number of aryl methyl sites for hydroxylation is 1. The van der Waals surface area contributed by atoms with Gasteiger partial charge in [0.05, 0.1) is 10.4 Å². The Hall–Kier alpha value is -1.10. The van der Waals surface area contributed by atoms with Gasteiger partial charge in [0.1, 0.15) is 5.82 Å². The maximum absolute atomic E-state index is 11.7. The second-order valence-corrected chi connectivity index (χ2v) is 5.46. The van der Waals surface area contributed by atoms with Crippen LogP contribution in [-0.2, 0) is 4.79 Å². The molecule has 1 aliphatic rings. The van der Waals surface area contributed by atoms with Gasteiger partial charge in [0.15, 0.2) is 0 Å². The van der Waals surface area contributed by atoms with E-state index in [1.54, 1.807) is 7.05 Å². The van der Waals surface area contributed by atoms with Crippen LogP contribution in [0.3, 0.4) is 0 Å². The third kappa shape index (κ3) is 2.66. The zero-order chi connectivity index (χ0) is 13.1. The lowest BCUT2D eigenvalue weighted by molar-refractivity contribution is -0.124. The highest BCUT2D eigenvalue weighted by atomic mass is 79.9. The Balaban J connectivity index is 2.18. The first-order valence-corrected chi connectivity index (χ1v) is 7.00. The number of carbonyl (C=O) groups excluding carboxylic acids is 1. The van der Waals surface area contributed by atoms with Crippen LogP contribution in [0.1, 0.15) is 18.4 Å². The van der Waals surface area contributed by atoms with Crippen LogP contribution in [0.5, 0.6) is 0 Å². The molecule has 1 aromatic heterocycles. The van der Waals surface area contributed by atoms with Gasteiger partial charge in [-0.25, -0.2) is 4.98 Å². The Labute approximate surface area is 116 Å². The number of halogens is 1. The van der Waals surface area contributed by atoms with Crippen LogP contribution in [0.15, 0.2) is 16.7 Å². The van der Waals surface area contributed by atoms with Gasteiger partial charge in [-0.3, -0.25) is 4.79 Å². The lowest BCUT2D eigenvalue weighted by Crippen LogP contribution is -2.42. The molecule has 2 heterocycles. The largest absolute Gasteiger partial charge is 0.359 e. The molecule has 98 valence electrons. The highest BCUT2D eigenvalue weighted by Gasteiger charge is 2.26. The molecule has 1 saturated heterocycles. The van der Waals surface area contributed by atoms with E-state index in [0.29, 0.717) is 0 Å². The van der Waals surface area contributed by atoms with E-state index >= 15 is 0 Å². The summed E-state index contributed by atoms with van der Waals surface area (Å²) in [4.78, 5) is 18.4. The van der Waals surface area contributed by atoms with Crippen LogP contribution < -0.4 is 10.2 Å². The Kier molecular flexibility index (Phi) is 4.22. The van der Waals surface area contributed by atoms with E-state index in [2.05, 4.69) is 38.1 Å². The van der Waals surface area contributed by atoms with Gasteiger partial charge < -0.3 is 10.2 Å². The van der Waals surface area contributed by atoms with Crippen molar-refractivity contribution in [1.82, 2.24) is 10.3 Å². The number of piperidine rings is 1. The molecule has 1 fully saturated rings. The van der Waals surface area contributed by atoms with Gasteiger partial charge in [-0.1, -0.05) is 0 Å². The molecule has 4 nitrogen and oxygen atoms in total. The minimum atomic E-state index is 0.0676. The minimum absolute atomic E-state index is 0.0676. The van der Waals surface area contributed by atoms with E-state index in [4.69, 9.17) is 0 Å². The van der Waals surface area contributed by atoms with Crippen molar-refractivity contribution in [2.45, 2.75) is 19.8 Å². The lowest BCUT2D eigenvalue weighted by Gasteiger charge is -2.33. The SMILES string of the molecule is CNC(=O)C1CCCN(c2nccc(C)c2Br)C1. The molecule has 0 aliphatic carbocycles. The predicted octanol–water partition coefficient (Wildman–Crippen LogP) is 2.11. The number of nitrogens with zero attached hydrogens (tertiary/aromatic N) is 2. The number of pyridine rings is 1. The fourth-order valence-electron chi connectivity index (χ4n) is 2.33. The van der Waals surface area contributed by atoms with E-state index in [9.17, 15) is 4.79 Å². The van der Waals surface area contributed by atoms with Crippen LogP contribution in [-0.4, -0.2) is 31.0 Å². The Morgan fingerprint density at radius 3 is 3.11 bits per heavy atom. The average molecular weight is 312 g/mol. The van der Waals surface area contributed by atoms with Crippen LogP contribution in [0.25, 0.3) is 0 Å². The van der Waals surface area contributed by atoms with E-state index in [-0.39, 0.29) is 11.8 Å². The molecule has 1 unspecified atom stereocenters.